The molecule has 0 unspecified atom stereocenters. The lowest BCUT2D eigenvalue weighted by Crippen LogP contribution is -2.36. The minimum atomic E-state index is -0.350. The standard InChI is InChI=1S/C22H25N3O6/c1-27-17-8-14(9-18(11-17)28-2)21(26)25-22(23-12-16-4-3-7-29-16)24-15-5-6-19-20(10-15)31-13-30-19/h5-6,8-11,16H,3-4,7,12-13H2,1-2H3,(H2,23,24,25,26)/t16-/m1/s1. The minimum absolute atomic E-state index is 0.0439. The van der Waals surface area contributed by atoms with E-state index in [1.165, 1.54) is 14.2 Å². The van der Waals surface area contributed by atoms with Crippen LogP contribution in [-0.4, -0.2) is 52.1 Å². The summed E-state index contributed by atoms with van der Waals surface area (Å²) in [4.78, 5) is 17.5. The number of guanidine groups is 1. The van der Waals surface area contributed by atoms with Crippen LogP contribution in [0.25, 0.3) is 0 Å². The van der Waals surface area contributed by atoms with Gasteiger partial charge in [0.2, 0.25) is 12.8 Å². The third-order valence-corrected chi connectivity index (χ3v) is 4.96. The molecule has 1 atom stereocenters. The van der Waals surface area contributed by atoms with Gasteiger partial charge in [-0.2, -0.15) is 0 Å². The van der Waals surface area contributed by atoms with Crippen molar-refractivity contribution in [1.29, 1.82) is 0 Å². The predicted molar refractivity (Wildman–Crippen MR) is 114 cm³/mol. The molecule has 1 saturated heterocycles. The van der Waals surface area contributed by atoms with E-state index in [-0.39, 0.29) is 18.8 Å². The Hall–Kier alpha value is -3.46. The number of carbonyl (C=O) groups is 1. The SMILES string of the molecule is COc1cc(OC)cc(C(=O)NC(=NC[C@H]2CCCO2)Nc2ccc3c(c2)OCO3)c1. The van der Waals surface area contributed by atoms with E-state index in [4.69, 9.17) is 23.7 Å². The third-order valence-electron chi connectivity index (χ3n) is 4.96. The highest BCUT2D eigenvalue weighted by atomic mass is 16.7. The molecule has 2 aliphatic heterocycles. The summed E-state index contributed by atoms with van der Waals surface area (Å²) in [5, 5.41) is 5.99. The zero-order valence-electron chi connectivity index (χ0n) is 17.5. The van der Waals surface area contributed by atoms with Crippen molar-refractivity contribution in [3.63, 3.8) is 0 Å². The number of carbonyl (C=O) groups excluding carboxylic acids is 1. The fourth-order valence-corrected chi connectivity index (χ4v) is 3.32. The molecular formula is C22H25N3O6. The quantitative estimate of drug-likeness (QED) is 0.540. The molecule has 0 aromatic heterocycles. The van der Waals surface area contributed by atoms with Gasteiger partial charge < -0.3 is 29.0 Å². The molecule has 9 heteroatoms. The van der Waals surface area contributed by atoms with Gasteiger partial charge in [0, 0.05) is 30.0 Å². The predicted octanol–water partition coefficient (Wildman–Crippen LogP) is 2.81. The van der Waals surface area contributed by atoms with Crippen molar-refractivity contribution in [1.82, 2.24) is 5.32 Å². The molecule has 1 fully saturated rings. The lowest BCUT2D eigenvalue weighted by molar-refractivity contribution is 0.0975. The van der Waals surface area contributed by atoms with Gasteiger partial charge in [0.1, 0.15) is 11.5 Å². The van der Waals surface area contributed by atoms with Gasteiger partial charge in [0.25, 0.3) is 5.91 Å². The zero-order valence-corrected chi connectivity index (χ0v) is 17.5. The summed E-state index contributed by atoms with van der Waals surface area (Å²) in [5.74, 6) is 2.30. The Kier molecular flexibility index (Phi) is 6.42. The van der Waals surface area contributed by atoms with Gasteiger partial charge in [0.15, 0.2) is 11.5 Å². The zero-order chi connectivity index (χ0) is 21.6. The first-order valence-corrected chi connectivity index (χ1v) is 10.0. The maximum Gasteiger partial charge on any atom is 0.258 e. The summed E-state index contributed by atoms with van der Waals surface area (Å²) in [6, 6.07) is 10.4. The first-order chi connectivity index (χ1) is 15.1. The van der Waals surface area contributed by atoms with E-state index in [9.17, 15) is 4.79 Å². The van der Waals surface area contributed by atoms with E-state index < -0.39 is 0 Å². The van der Waals surface area contributed by atoms with Crippen molar-refractivity contribution in [3.05, 3.63) is 42.0 Å². The van der Waals surface area contributed by atoms with E-state index in [1.54, 1.807) is 30.3 Å². The molecule has 9 nitrogen and oxygen atoms in total. The monoisotopic (exact) mass is 427 g/mol. The van der Waals surface area contributed by atoms with Crippen LogP contribution >= 0.6 is 0 Å². The van der Waals surface area contributed by atoms with Crippen molar-refractivity contribution in [2.75, 3.05) is 39.5 Å². The molecule has 0 radical (unpaired) electrons. The molecule has 0 saturated carbocycles. The van der Waals surface area contributed by atoms with Crippen LogP contribution in [0.2, 0.25) is 0 Å². The van der Waals surface area contributed by atoms with Crippen LogP contribution in [0.1, 0.15) is 23.2 Å². The molecule has 2 N–H and O–H groups in total. The summed E-state index contributed by atoms with van der Waals surface area (Å²) in [6.45, 7) is 1.36. The Bertz CT molecular complexity index is 949. The van der Waals surface area contributed by atoms with Gasteiger partial charge in [-0.3, -0.25) is 10.1 Å². The fraction of sp³-hybridized carbons (Fsp3) is 0.364. The van der Waals surface area contributed by atoms with Gasteiger partial charge >= 0.3 is 0 Å². The second-order valence-electron chi connectivity index (χ2n) is 7.07. The van der Waals surface area contributed by atoms with Crippen LogP contribution in [0.3, 0.4) is 0 Å². The first kappa shape index (κ1) is 20.8. The Morgan fingerprint density at radius 3 is 2.58 bits per heavy atom. The number of amides is 1. The van der Waals surface area contributed by atoms with Crippen LogP contribution < -0.4 is 29.6 Å². The Morgan fingerprint density at radius 2 is 1.87 bits per heavy atom. The average Bonchev–Trinajstić information content (AvgIpc) is 3.48. The maximum absolute atomic E-state index is 12.9. The number of anilines is 1. The minimum Gasteiger partial charge on any atom is -0.497 e. The third kappa shape index (κ3) is 5.18. The van der Waals surface area contributed by atoms with Gasteiger partial charge in [-0.05, 0) is 37.1 Å². The number of rotatable bonds is 6. The van der Waals surface area contributed by atoms with E-state index in [0.29, 0.717) is 46.8 Å². The number of hydrogen-bond acceptors (Lipinski definition) is 7. The summed E-state index contributed by atoms with van der Waals surface area (Å²) >= 11 is 0. The molecule has 0 spiro atoms. The number of nitrogens with zero attached hydrogens (tertiary/aromatic N) is 1. The number of methoxy groups -OCH3 is 2. The van der Waals surface area contributed by atoms with Crippen molar-refractivity contribution in [3.8, 4) is 23.0 Å². The van der Waals surface area contributed by atoms with Gasteiger partial charge in [-0.25, -0.2) is 4.99 Å². The summed E-state index contributed by atoms with van der Waals surface area (Å²) in [5.41, 5.74) is 1.09. The van der Waals surface area contributed by atoms with Crippen molar-refractivity contribution in [2.24, 2.45) is 4.99 Å². The summed E-state index contributed by atoms with van der Waals surface area (Å²) in [7, 11) is 3.07. The molecule has 2 aromatic carbocycles. The van der Waals surface area contributed by atoms with Crippen molar-refractivity contribution < 1.29 is 28.5 Å². The normalized spacial score (nSPS) is 17.4. The highest BCUT2D eigenvalue weighted by Gasteiger charge is 2.18. The van der Waals surface area contributed by atoms with Gasteiger partial charge in [-0.1, -0.05) is 0 Å². The molecule has 2 aromatic rings. The fourth-order valence-electron chi connectivity index (χ4n) is 3.32. The van der Waals surface area contributed by atoms with Crippen molar-refractivity contribution >= 4 is 17.6 Å². The average molecular weight is 427 g/mol. The maximum atomic E-state index is 12.9. The van der Waals surface area contributed by atoms with Crippen LogP contribution in [-0.2, 0) is 4.74 Å². The summed E-state index contributed by atoms with van der Waals surface area (Å²) in [6.07, 6.45) is 2.01. The van der Waals surface area contributed by atoms with Crippen LogP contribution in [0.15, 0.2) is 41.4 Å². The molecule has 1 amide bonds. The smallest absolute Gasteiger partial charge is 0.258 e. The van der Waals surface area contributed by atoms with Crippen LogP contribution in [0.5, 0.6) is 23.0 Å². The molecular weight excluding hydrogens is 402 g/mol. The number of fused-ring (bicyclic) bond motifs is 1. The second kappa shape index (κ2) is 9.57. The van der Waals surface area contributed by atoms with E-state index in [0.717, 1.165) is 19.4 Å². The Morgan fingerprint density at radius 1 is 1.10 bits per heavy atom. The molecule has 0 aliphatic carbocycles. The Balaban J connectivity index is 1.53. The lowest BCUT2D eigenvalue weighted by Gasteiger charge is -2.14. The molecule has 4 rings (SSSR count). The Labute approximate surface area is 180 Å². The number of benzene rings is 2. The largest absolute Gasteiger partial charge is 0.497 e. The highest BCUT2D eigenvalue weighted by Crippen LogP contribution is 2.34. The van der Waals surface area contributed by atoms with Crippen LogP contribution in [0.4, 0.5) is 5.69 Å². The van der Waals surface area contributed by atoms with Crippen LogP contribution in [0, 0.1) is 0 Å². The second-order valence-corrected chi connectivity index (χ2v) is 7.07. The van der Waals surface area contributed by atoms with E-state index in [1.807, 2.05) is 6.07 Å². The molecule has 2 heterocycles. The van der Waals surface area contributed by atoms with Gasteiger partial charge in [-0.15, -0.1) is 0 Å². The number of aliphatic imine (C=N–C) groups is 1. The summed E-state index contributed by atoms with van der Waals surface area (Å²) < 4.78 is 26.9. The lowest BCUT2D eigenvalue weighted by atomic mass is 10.2. The molecule has 2 aliphatic rings. The number of nitrogens with one attached hydrogen (secondary N) is 2. The topological polar surface area (TPSA) is 99.6 Å². The number of hydrogen-bond donors (Lipinski definition) is 2. The van der Waals surface area contributed by atoms with Gasteiger partial charge in [0.05, 0.1) is 26.9 Å². The molecule has 0 bridgehead atoms. The highest BCUT2D eigenvalue weighted by molar-refractivity contribution is 6.10. The van der Waals surface area contributed by atoms with E-state index in [2.05, 4.69) is 15.6 Å². The van der Waals surface area contributed by atoms with E-state index >= 15 is 0 Å². The molecule has 31 heavy (non-hydrogen) atoms. The van der Waals surface area contributed by atoms with Crippen molar-refractivity contribution in [2.45, 2.75) is 18.9 Å². The number of ether oxygens (including phenoxy) is 5. The first-order valence-electron chi connectivity index (χ1n) is 10.0. The molecule has 164 valence electrons.